The molecule has 0 bridgehead atoms. The first-order valence-corrected chi connectivity index (χ1v) is 6.39. The van der Waals surface area contributed by atoms with Crippen molar-refractivity contribution in [2.24, 2.45) is 0 Å². The number of hydrogen-bond donors (Lipinski definition) is 3. The summed E-state index contributed by atoms with van der Waals surface area (Å²) in [5, 5.41) is 0. The molecule has 0 spiro atoms. The molecule has 1 amide bonds. The lowest BCUT2D eigenvalue weighted by atomic mass is 10.1. The zero-order chi connectivity index (χ0) is 12.3. The molecule has 16 heavy (non-hydrogen) atoms. The van der Waals surface area contributed by atoms with Gasteiger partial charge in [0.15, 0.2) is 0 Å². The van der Waals surface area contributed by atoms with Crippen molar-refractivity contribution in [2.75, 3.05) is 11.0 Å². The number of hydrogen-bond acceptors (Lipinski definition) is 4. The summed E-state index contributed by atoms with van der Waals surface area (Å²) in [6.07, 6.45) is 0.929. The molecule has 0 aromatic heterocycles. The Labute approximate surface area is 97.6 Å². The van der Waals surface area contributed by atoms with Gasteiger partial charge in [0.05, 0.1) is 17.5 Å². The van der Waals surface area contributed by atoms with Crippen molar-refractivity contribution >= 4 is 34.4 Å². The molecule has 1 aromatic carbocycles. The number of carbonyl (C=O) groups excluding carboxylic acids is 1. The van der Waals surface area contributed by atoms with Gasteiger partial charge in [-0.25, -0.2) is 12.8 Å². The monoisotopic (exact) mass is 264 g/mol. The minimum absolute atomic E-state index is 0.00421. The molecule has 0 radical (unpaired) electrons. The second kappa shape index (κ2) is 4.71. The molecule has 1 rings (SSSR count). The van der Waals surface area contributed by atoms with Crippen LogP contribution < -0.4 is 9.44 Å². The Hall–Kier alpha value is -1.28. The minimum Gasteiger partial charge on any atom is -0.299 e. The summed E-state index contributed by atoms with van der Waals surface area (Å²) >= 11 is 3.52. The van der Waals surface area contributed by atoms with E-state index in [2.05, 4.69) is 17.5 Å². The summed E-state index contributed by atoms with van der Waals surface area (Å²) in [4.78, 5) is 11.3. The average Bonchev–Trinajstić information content (AvgIpc) is 2.17. The number of carbonyl (C=O) groups is 1. The number of benzene rings is 1. The molecule has 0 atom stereocenters. The SMILES string of the molecule is CS(=O)(=O)Nc1ccc(F)cc1C(=O)NS. The summed E-state index contributed by atoms with van der Waals surface area (Å²) in [6, 6.07) is 3.12. The molecule has 8 heteroatoms. The van der Waals surface area contributed by atoms with E-state index in [1.165, 1.54) is 0 Å². The van der Waals surface area contributed by atoms with E-state index >= 15 is 0 Å². The summed E-state index contributed by atoms with van der Waals surface area (Å²) in [6.45, 7) is 0. The second-order valence-corrected chi connectivity index (χ2v) is 4.98. The molecular formula is C8H9FN2O3S2. The molecule has 0 fully saturated rings. The van der Waals surface area contributed by atoms with Crippen molar-refractivity contribution in [1.82, 2.24) is 4.72 Å². The van der Waals surface area contributed by atoms with Crippen molar-refractivity contribution in [2.45, 2.75) is 0 Å². The number of anilines is 1. The molecular weight excluding hydrogens is 255 g/mol. The maximum Gasteiger partial charge on any atom is 0.263 e. The van der Waals surface area contributed by atoms with Gasteiger partial charge in [-0.15, -0.1) is 0 Å². The number of nitrogens with one attached hydrogen (secondary N) is 2. The zero-order valence-electron chi connectivity index (χ0n) is 8.19. The van der Waals surface area contributed by atoms with Crippen molar-refractivity contribution in [1.29, 1.82) is 0 Å². The van der Waals surface area contributed by atoms with E-state index in [1.54, 1.807) is 0 Å². The van der Waals surface area contributed by atoms with Crippen LogP contribution in [0.1, 0.15) is 10.4 Å². The van der Waals surface area contributed by atoms with Crippen molar-refractivity contribution in [3.63, 3.8) is 0 Å². The van der Waals surface area contributed by atoms with E-state index in [0.717, 1.165) is 24.5 Å². The van der Waals surface area contributed by atoms with Gasteiger partial charge in [0, 0.05) is 0 Å². The highest BCUT2D eigenvalue weighted by Gasteiger charge is 2.14. The van der Waals surface area contributed by atoms with Gasteiger partial charge in [0.2, 0.25) is 10.0 Å². The van der Waals surface area contributed by atoms with Crippen LogP contribution in [0.4, 0.5) is 10.1 Å². The molecule has 0 saturated heterocycles. The van der Waals surface area contributed by atoms with Crippen LogP contribution in [0.25, 0.3) is 0 Å². The zero-order valence-corrected chi connectivity index (χ0v) is 9.90. The van der Waals surface area contributed by atoms with Crippen molar-refractivity contribution in [3.05, 3.63) is 29.6 Å². The molecule has 2 N–H and O–H groups in total. The average molecular weight is 264 g/mol. The summed E-state index contributed by atoms with van der Waals surface area (Å²) in [7, 11) is -3.53. The second-order valence-electron chi connectivity index (χ2n) is 3.01. The molecule has 1 aromatic rings. The Morgan fingerprint density at radius 1 is 1.44 bits per heavy atom. The fourth-order valence-electron chi connectivity index (χ4n) is 1.05. The Morgan fingerprint density at radius 2 is 2.06 bits per heavy atom. The van der Waals surface area contributed by atoms with E-state index < -0.39 is 21.7 Å². The third-order valence-corrected chi connectivity index (χ3v) is 2.42. The molecule has 5 nitrogen and oxygen atoms in total. The molecule has 0 aliphatic heterocycles. The van der Waals surface area contributed by atoms with Gasteiger partial charge in [-0.05, 0) is 18.2 Å². The Bertz CT molecular complexity index is 516. The van der Waals surface area contributed by atoms with Gasteiger partial charge in [-0.1, -0.05) is 12.8 Å². The van der Waals surface area contributed by atoms with Crippen LogP contribution in [0.5, 0.6) is 0 Å². The minimum atomic E-state index is -3.53. The van der Waals surface area contributed by atoms with Crippen LogP contribution in [-0.2, 0) is 10.0 Å². The highest BCUT2D eigenvalue weighted by molar-refractivity contribution is 7.92. The fraction of sp³-hybridized carbons (Fsp3) is 0.125. The Balaban J connectivity index is 3.23. The van der Waals surface area contributed by atoms with Crippen molar-refractivity contribution in [3.8, 4) is 0 Å². The predicted octanol–water partition coefficient (Wildman–Crippen LogP) is 0.772. The van der Waals surface area contributed by atoms with Crippen LogP contribution in [0.3, 0.4) is 0 Å². The molecule has 0 aliphatic carbocycles. The lowest BCUT2D eigenvalue weighted by Crippen LogP contribution is -2.18. The lowest BCUT2D eigenvalue weighted by molar-refractivity contribution is 0.0985. The van der Waals surface area contributed by atoms with E-state index in [4.69, 9.17) is 0 Å². The number of thiol groups is 1. The smallest absolute Gasteiger partial charge is 0.263 e. The first kappa shape index (κ1) is 12.8. The number of amides is 1. The van der Waals surface area contributed by atoms with Gasteiger partial charge in [0.25, 0.3) is 5.91 Å². The molecule has 0 unspecified atom stereocenters. The third kappa shape index (κ3) is 3.38. The molecule has 0 saturated carbocycles. The van der Waals surface area contributed by atoms with E-state index in [0.29, 0.717) is 0 Å². The first-order valence-electron chi connectivity index (χ1n) is 4.05. The standard InChI is InChI=1S/C8H9FN2O3S2/c1-16(13,14)11-7-3-2-5(9)4-6(7)8(12)10-15/h2-4,11,15H,1H3,(H,10,12). The number of halogens is 1. The maximum absolute atomic E-state index is 12.9. The van der Waals surface area contributed by atoms with Crippen LogP contribution in [-0.4, -0.2) is 20.6 Å². The van der Waals surface area contributed by atoms with Gasteiger partial charge in [-0.3, -0.25) is 14.2 Å². The van der Waals surface area contributed by atoms with Gasteiger partial charge >= 0.3 is 0 Å². The quantitative estimate of drug-likeness (QED) is 0.706. The van der Waals surface area contributed by atoms with Crippen molar-refractivity contribution < 1.29 is 17.6 Å². The largest absolute Gasteiger partial charge is 0.299 e. The van der Waals surface area contributed by atoms with E-state index in [1.807, 2.05) is 4.72 Å². The van der Waals surface area contributed by atoms with Gasteiger partial charge < -0.3 is 0 Å². The number of sulfonamides is 1. The first-order chi connectivity index (χ1) is 7.33. The fourth-order valence-corrected chi connectivity index (χ4v) is 1.75. The van der Waals surface area contributed by atoms with Gasteiger partial charge in [-0.2, -0.15) is 0 Å². The van der Waals surface area contributed by atoms with Crippen LogP contribution in [0, 0.1) is 5.82 Å². The molecule has 0 heterocycles. The normalized spacial score (nSPS) is 10.9. The van der Waals surface area contributed by atoms with Crippen LogP contribution in [0.15, 0.2) is 18.2 Å². The summed E-state index contributed by atoms with van der Waals surface area (Å²) in [5.41, 5.74) is -0.143. The summed E-state index contributed by atoms with van der Waals surface area (Å²) in [5.74, 6) is -1.35. The van der Waals surface area contributed by atoms with Crippen LogP contribution >= 0.6 is 12.8 Å². The maximum atomic E-state index is 12.9. The topological polar surface area (TPSA) is 75.3 Å². The number of rotatable bonds is 3. The van der Waals surface area contributed by atoms with Gasteiger partial charge in [0.1, 0.15) is 5.82 Å². The molecule has 0 aliphatic rings. The Kier molecular flexibility index (Phi) is 3.76. The summed E-state index contributed by atoms with van der Waals surface area (Å²) < 4.78 is 39.0. The van der Waals surface area contributed by atoms with E-state index in [9.17, 15) is 17.6 Å². The highest BCUT2D eigenvalue weighted by atomic mass is 32.2. The third-order valence-electron chi connectivity index (χ3n) is 1.62. The predicted molar refractivity (Wildman–Crippen MR) is 61.3 cm³/mol. The molecule has 88 valence electrons. The lowest BCUT2D eigenvalue weighted by Gasteiger charge is -2.09. The van der Waals surface area contributed by atoms with Crippen LogP contribution in [0.2, 0.25) is 0 Å². The Morgan fingerprint density at radius 3 is 2.56 bits per heavy atom. The van der Waals surface area contributed by atoms with E-state index in [-0.39, 0.29) is 11.3 Å². The highest BCUT2D eigenvalue weighted by Crippen LogP contribution is 2.18.